The molecule has 6 nitrogen and oxygen atoms in total. The van der Waals surface area contributed by atoms with E-state index in [2.05, 4.69) is 20.3 Å². The lowest BCUT2D eigenvalue weighted by Gasteiger charge is -2.05. The molecule has 0 fully saturated rings. The third-order valence-corrected chi connectivity index (χ3v) is 4.41. The van der Waals surface area contributed by atoms with E-state index in [1.54, 1.807) is 6.07 Å². The summed E-state index contributed by atoms with van der Waals surface area (Å²) >= 11 is 0. The van der Waals surface area contributed by atoms with Crippen LogP contribution in [0.3, 0.4) is 0 Å². The van der Waals surface area contributed by atoms with Gasteiger partial charge in [-0.1, -0.05) is 30.3 Å². The number of hydrogen-bond donors (Lipinski definition) is 3. The molecule has 0 saturated heterocycles. The van der Waals surface area contributed by atoms with Crippen molar-refractivity contribution in [1.82, 2.24) is 20.3 Å². The lowest BCUT2D eigenvalue weighted by molar-refractivity contribution is -0.121. The SMILES string of the molecule is O=C(CCc1nc2ccccc2[nH]c1=O)NCc1c[nH]c2ccccc12. The molecule has 26 heavy (non-hydrogen) atoms. The van der Waals surface area contributed by atoms with Gasteiger partial charge in [0.05, 0.1) is 11.0 Å². The van der Waals surface area contributed by atoms with Gasteiger partial charge >= 0.3 is 0 Å². The van der Waals surface area contributed by atoms with Crippen LogP contribution in [-0.4, -0.2) is 20.9 Å². The van der Waals surface area contributed by atoms with Crippen molar-refractivity contribution in [1.29, 1.82) is 0 Å². The average molecular weight is 346 g/mol. The van der Waals surface area contributed by atoms with Crippen LogP contribution in [0.5, 0.6) is 0 Å². The molecule has 2 aromatic carbocycles. The van der Waals surface area contributed by atoms with Crippen LogP contribution in [-0.2, 0) is 17.8 Å². The first-order valence-electron chi connectivity index (χ1n) is 8.50. The summed E-state index contributed by atoms with van der Waals surface area (Å²) in [4.78, 5) is 34.6. The second-order valence-electron chi connectivity index (χ2n) is 6.17. The molecule has 3 N–H and O–H groups in total. The van der Waals surface area contributed by atoms with E-state index in [0.717, 1.165) is 22.0 Å². The van der Waals surface area contributed by atoms with Crippen LogP contribution in [0.1, 0.15) is 17.7 Å². The molecule has 0 saturated carbocycles. The molecule has 0 atom stereocenters. The van der Waals surface area contributed by atoms with Crippen molar-refractivity contribution in [3.05, 3.63) is 76.3 Å². The zero-order valence-electron chi connectivity index (χ0n) is 14.1. The number of para-hydroxylation sites is 3. The van der Waals surface area contributed by atoms with Gasteiger partial charge in [-0.15, -0.1) is 0 Å². The number of nitrogens with zero attached hydrogens (tertiary/aromatic N) is 1. The minimum Gasteiger partial charge on any atom is -0.361 e. The van der Waals surface area contributed by atoms with E-state index in [1.807, 2.05) is 48.7 Å². The maximum Gasteiger partial charge on any atom is 0.270 e. The molecule has 2 aromatic heterocycles. The molecule has 4 aromatic rings. The lowest BCUT2D eigenvalue weighted by atomic mass is 10.1. The van der Waals surface area contributed by atoms with Gasteiger partial charge in [-0.25, -0.2) is 4.98 Å². The minimum atomic E-state index is -0.242. The maximum atomic E-state index is 12.2. The van der Waals surface area contributed by atoms with Crippen LogP contribution in [0, 0.1) is 0 Å². The number of aromatic amines is 2. The summed E-state index contributed by atoms with van der Waals surface area (Å²) in [5.74, 6) is -0.107. The molecule has 0 radical (unpaired) electrons. The fraction of sp³-hybridized carbons (Fsp3) is 0.150. The van der Waals surface area contributed by atoms with Crippen molar-refractivity contribution >= 4 is 27.8 Å². The highest BCUT2D eigenvalue weighted by molar-refractivity contribution is 5.84. The molecule has 6 heteroatoms. The third-order valence-electron chi connectivity index (χ3n) is 4.41. The number of fused-ring (bicyclic) bond motifs is 2. The Morgan fingerprint density at radius 3 is 2.69 bits per heavy atom. The number of H-pyrrole nitrogens is 2. The Bertz CT molecular complexity index is 1140. The Morgan fingerprint density at radius 2 is 1.81 bits per heavy atom. The van der Waals surface area contributed by atoms with Crippen molar-refractivity contribution < 1.29 is 4.79 Å². The van der Waals surface area contributed by atoms with Gasteiger partial charge in [0.25, 0.3) is 5.56 Å². The maximum absolute atomic E-state index is 12.2. The second kappa shape index (κ2) is 6.84. The van der Waals surface area contributed by atoms with E-state index < -0.39 is 0 Å². The number of aryl methyl sites for hydroxylation is 1. The number of carbonyl (C=O) groups is 1. The zero-order valence-corrected chi connectivity index (χ0v) is 14.1. The highest BCUT2D eigenvalue weighted by Crippen LogP contribution is 2.17. The van der Waals surface area contributed by atoms with E-state index in [-0.39, 0.29) is 17.9 Å². The topological polar surface area (TPSA) is 90.6 Å². The van der Waals surface area contributed by atoms with Gasteiger partial charge in [-0.05, 0) is 23.8 Å². The van der Waals surface area contributed by atoms with Crippen LogP contribution in [0.15, 0.2) is 59.5 Å². The van der Waals surface area contributed by atoms with Gasteiger partial charge in [0.15, 0.2) is 0 Å². The van der Waals surface area contributed by atoms with Gasteiger partial charge < -0.3 is 15.3 Å². The second-order valence-corrected chi connectivity index (χ2v) is 6.17. The molecule has 0 aliphatic carbocycles. The Hall–Kier alpha value is -3.41. The quantitative estimate of drug-likeness (QED) is 0.519. The van der Waals surface area contributed by atoms with Crippen LogP contribution < -0.4 is 10.9 Å². The number of carbonyl (C=O) groups excluding carboxylic acids is 1. The molecule has 2 heterocycles. The Balaban J connectivity index is 1.40. The normalized spacial score (nSPS) is 11.1. The van der Waals surface area contributed by atoms with Crippen molar-refractivity contribution in [2.75, 3.05) is 0 Å². The molecule has 0 spiro atoms. The van der Waals surface area contributed by atoms with E-state index in [4.69, 9.17) is 0 Å². The number of rotatable bonds is 5. The summed E-state index contributed by atoms with van der Waals surface area (Å²) in [5, 5.41) is 4.00. The molecule has 0 aliphatic heterocycles. The Kier molecular flexibility index (Phi) is 4.23. The zero-order chi connectivity index (χ0) is 17.9. The van der Waals surface area contributed by atoms with E-state index in [1.165, 1.54) is 0 Å². The first kappa shape index (κ1) is 16.1. The van der Waals surface area contributed by atoms with Crippen LogP contribution in [0.25, 0.3) is 21.9 Å². The number of benzene rings is 2. The Morgan fingerprint density at radius 1 is 1.04 bits per heavy atom. The van der Waals surface area contributed by atoms with Gasteiger partial charge in [-0.2, -0.15) is 0 Å². The largest absolute Gasteiger partial charge is 0.361 e. The summed E-state index contributed by atoms with van der Waals surface area (Å²) in [6.07, 6.45) is 2.43. The van der Waals surface area contributed by atoms with E-state index >= 15 is 0 Å². The summed E-state index contributed by atoms with van der Waals surface area (Å²) in [5.41, 5.74) is 3.64. The number of aromatic nitrogens is 3. The standard InChI is InChI=1S/C20H18N4O2/c25-19(22-12-13-11-21-15-6-2-1-5-14(13)15)10-9-18-20(26)24-17-8-4-3-7-16(17)23-18/h1-8,11,21H,9-10,12H2,(H,22,25)(H,24,26). The summed E-state index contributed by atoms with van der Waals surface area (Å²) in [6.45, 7) is 0.449. The highest BCUT2D eigenvalue weighted by Gasteiger charge is 2.09. The molecule has 130 valence electrons. The van der Waals surface area contributed by atoms with E-state index in [0.29, 0.717) is 24.2 Å². The molecule has 0 bridgehead atoms. The van der Waals surface area contributed by atoms with Gasteiger partial charge in [-0.3, -0.25) is 9.59 Å². The lowest BCUT2D eigenvalue weighted by Crippen LogP contribution is -2.24. The third kappa shape index (κ3) is 3.21. The fourth-order valence-electron chi connectivity index (χ4n) is 3.03. The molecule has 1 amide bonds. The fourth-order valence-corrected chi connectivity index (χ4v) is 3.03. The van der Waals surface area contributed by atoms with E-state index in [9.17, 15) is 9.59 Å². The number of hydrogen-bond acceptors (Lipinski definition) is 3. The van der Waals surface area contributed by atoms with Crippen molar-refractivity contribution in [3.63, 3.8) is 0 Å². The molecular formula is C20H18N4O2. The first-order valence-corrected chi connectivity index (χ1v) is 8.50. The molecule has 4 rings (SSSR count). The molecular weight excluding hydrogens is 328 g/mol. The highest BCUT2D eigenvalue weighted by atomic mass is 16.1. The van der Waals surface area contributed by atoms with Crippen molar-refractivity contribution in [3.8, 4) is 0 Å². The van der Waals surface area contributed by atoms with Crippen LogP contribution in [0.2, 0.25) is 0 Å². The predicted molar refractivity (Wildman–Crippen MR) is 101 cm³/mol. The van der Waals surface area contributed by atoms with Gasteiger partial charge in [0, 0.05) is 36.5 Å². The molecule has 0 unspecified atom stereocenters. The predicted octanol–water partition coefficient (Wildman–Crippen LogP) is 2.65. The van der Waals surface area contributed by atoms with Crippen LogP contribution >= 0.6 is 0 Å². The summed E-state index contributed by atoms with van der Waals surface area (Å²) in [6, 6.07) is 15.3. The average Bonchev–Trinajstić information content (AvgIpc) is 3.08. The number of nitrogens with one attached hydrogen (secondary N) is 3. The monoisotopic (exact) mass is 346 g/mol. The first-order chi connectivity index (χ1) is 12.7. The Labute approximate surface area is 149 Å². The number of amides is 1. The van der Waals surface area contributed by atoms with Gasteiger partial charge in [0.2, 0.25) is 5.91 Å². The van der Waals surface area contributed by atoms with Crippen molar-refractivity contribution in [2.45, 2.75) is 19.4 Å². The van der Waals surface area contributed by atoms with Crippen molar-refractivity contribution in [2.24, 2.45) is 0 Å². The molecule has 0 aliphatic rings. The van der Waals surface area contributed by atoms with Crippen LogP contribution in [0.4, 0.5) is 0 Å². The van der Waals surface area contributed by atoms with Gasteiger partial charge in [0.1, 0.15) is 5.69 Å². The summed E-state index contributed by atoms with van der Waals surface area (Å²) in [7, 11) is 0. The summed E-state index contributed by atoms with van der Waals surface area (Å²) < 4.78 is 0. The smallest absolute Gasteiger partial charge is 0.270 e. The minimum absolute atomic E-state index is 0.107.